The highest BCUT2D eigenvalue weighted by Crippen LogP contribution is 2.22. The van der Waals surface area contributed by atoms with Crippen molar-refractivity contribution in [3.8, 4) is 0 Å². The zero-order valence-electron chi connectivity index (χ0n) is 14.7. The number of halogens is 2. The van der Waals surface area contributed by atoms with Crippen molar-refractivity contribution in [1.82, 2.24) is 15.5 Å². The maximum Gasteiger partial charge on any atom is 0.191 e. The number of nitrogens with one attached hydrogen (secondary N) is 2. The van der Waals surface area contributed by atoms with Gasteiger partial charge in [0.05, 0.1) is 0 Å². The molecule has 0 radical (unpaired) electrons. The van der Waals surface area contributed by atoms with E-state index >= 15 is 0 Å². The van der Waals surface area contributed by atoms with Gasteiger partial charge in [-0.05, 0) is 57.3 Å². The van der Waals surface area contributed by atoms with Gasteiger partial charge in [-0.2, -0.15) is 0 Å². The average Bonchev–Trinajstić information content (AvgIpc) is 2.56. The second kappa shape index (κ2) is 11.9. The minimum absolute atomic E-state index is 0. The fraction of sp³-hybridized carbons (Fsp3) is 0.611. The Morgan fingerprint density at radius 1 is 1.17 bits per heavy atom. The molecule has 1 saturated heterocycles. The Kier molecular flexibility index (Phi) is 10.7. The number of guanidine groups is 1. The number of aliphatic imine (C=N–C) groups is 1. The number of hydrogen-bond acceptors (Lipinski definition) is 2. The molecule has 0 bridgehead atoms. The van der Waals surface area contributed by atoms with E-state index in [9.17, 15) is 0 Å². The highest BCUT2D eigenvalue weighted by atomic mass is 127. The van der Waals surface area contributed by atoms with Crippen LogP contribution in [-0.2, 0) is 6.54 Å². The summed E-state index contributed by atoms with van der Waals surface area (Å²) >= 11 is 6.26. The predicted molar refractivity (Wildman–Crippen MR) is 115 cm³/mol. The molecule has 1 aromatic carbocycles. The van der Waals surface area contributed by atoms with Crippen LogP contribution in [0.25, 0.3) is 0 Å². The largest absolute Gasteiger partial charge is 0.357 e. The average molecular weight is 465 g/mol. The Morgan fingerprint density at radius 3 is 2.38 bits per heavy atom. The van der Waals surface area contributed by atoms with Crippen LogP contribution in [-0.4, -0.2) is 43.6 Å². The summed E-state index contributed by atoms with van der Waals surface area (Å²) in [5.41, 5.74) is 1.23. The second-order valence-electron chi connectivity index (χ2n) is 6.06. The van der Waals surface area contributed by atoms with Gasteiger partial charge in [0.1, 0.15) is 0 Å². The van der Waals surface area contributed by atoms with E-state index in [0.29, 0.717) is 5.92 Å². The van der Waals surface area contributed by atoms with Gasteiger partial charge in [0.15, 0.2) is 5.96 Å². The molecule has 1 aliphatic heterocycles. The molecule has 24 heavy (non-hydrogen) atoms. The number of rotatable bonds is 6. The molecule has 4 nitrogen and oxygen atoms in total. The van der Waals surface area contributed by atoms with Crippen LogP contribution in [0.3, 0.4) is 0 Å². The predicted octanol–water partition coefficient (Wildman–Crippen LogP) is 3.75. The first kappa shape index (κ1) is 21.5. The standard InChI is InChI=1S/C18H29ClN4.HI/c1-3-20-18(21-4-2)22-13-15-9-11-23(12-10-15)14-16-7-5-6-8-17(16)19;/h5-8,15H,3-4,9-14H2,1-2H3,(H2,20,21,22);1H. The van der Waals surface area contributed by atoms with Crippen molar-refractivity contribution in [3.63, 3.8) is 0 Å². The summed E-state index contributed by atoms with van der Waals surface area (Å²) in [6, 6.07) is 8.15. The maximum atomic E-state index is 6.26. The molecule has 6 heteroatoms. The molecule has 0 aliphatic carbocycles. The smallest absolute Gasteiger partial charge is 0.191 e. The highest BCUT2D eigenvalue weighted by molar-refractivity contribution is 14.0. The lowest BCUT2D eigenvalue weighted by Crippen LogP contribution is -2.38. The Hall–Kier alpha value is -0.530. The molecule has 0 spiro atoms. The van der Waals surface area contributed by atoms with Crippen LogP contribution in [0.5, 0.6) is 0 Å². The van der Waals surface area contributed by atoms with Gasteiger partial charge in [0.25, 0.3) is 0 Å². The van der Waals surface area contributed by atoms with Crippen LogP contribution in [0.1, 0.15) is 32.3 Å². The molecule has 1 aliphatic rings. The quantitative estimate of drug-likeness (QED) is 0.383. The van der Waals surface area contributed by atoms with E-state index in [-0.39, 0.29) is 24.0 Å². The van der Waals surface area contributed by atoms with Crippen LogP contribution in [0.2, 0.25) is 5.02 Å². The zero-order valence-corrected chi connectivity index (χ0v) is 17.8. The van der Waals surface area contributed by atoms with Crippen LogP contribution < -0.4 is 10.6 Å². The summed E-state index contributed by atoms with van der Waals surface area (Å²) in [4.78, 5) is 7.20. The summed E-state index contributed by atoms with van der Waals surface area (Å²) in [5, 5.41) is 7.44. The first-order valence-corrected chi connectivity index (χ1v) is 9.08. The molecule has 1 heterocycles. The van der Waals surface area contributed by atoms with Gasteiger partial charge in [0, 0.05) is 31.2 Å². The molecule has 0 saturated carbocycles. The minimum Gasteiger partial charge on any atom is -0.357 e. The van der Waals surface area contributed by atoms with Gasteiger partial charge >= 0.3 is 0 Å². The SMILES string of the molecule is CCNC(=NCC1CCN(Cc2ccccc2Cl)CC1)NCC.I. The van der Waals surface area contributed by atoms with E-state index in [4.69, 9.17) is 16.6 Å². The number of likely N-dealkylation sites (tertiary alicyclic amines) is 1. The third-order valence-electron chi connectivity index (χ3n) is 4.25. The summed E-state index contributed by atoms with van der Waals surface area (Å²) in [5.74, 6) is 1.62. The molecule has 136 valence electrons. The molecule has 0 aromatic heterocycles. The van der Waals surface area contributed by atoms with E-state index in [1.54, 1.807) is 0 Å². The first-order valence-electron chi connectivity index (χ1n) is 8.70. The number of benzene rings is 1. The fourth-order valence-corrected chi connectivity index (χ4v) is 3.12. The van der Waals surface area contributed by atoms with Crippen molar-refractivity contribution < 1.29 is 0 Å². The summed E-state index contributed by atoms with van der Waals surface area (Å²) < 4.78 is 0. The van der Waals surface area contributed by atoms with Gasteiger partial charge in [-0.15, -0.1) is 24.0 Å². The van der Waals surface area contributed by atoms with E-state index in [0.717, 1.165) is 50.3 Å². The van der Waals surface area contributed by atoms with Crippen molar-refractivity contribution in [2.45, 2.75) is 33.2 Å². The molecule has 1 fully saturated rings. The van der Waals surface area contributed by atoms with Gasteiger partial charge < -0.3 is 10.6 Å². The lowest BCUT2D eigenvalue weighted by Gasteiger charge is -2.31. The third-order valence-corrected chi connectivity index (χ3v) is 4.62. The lowest BCUT2D eigenvalue weighted by atomic mass is 9.96. The van der Waals surface area contributed by atoms with E-state index in [1.165, 1.54) is 18.4 Å². The molecular formula is C18H30ClIN4. The summed E-state index contributed by atoms with van der Waals surface area (Å²) in [6.45, 7) is 10.1. The Morgan fingerprint density at radius 2 is 1.79 bits per heavy atom. The second-order valence-corrected chi connectivity index (χ2v) is 6.47. The summed E-state index contributed by atoms with van der Waals surface area (Å²) in [6.07, 6.45) is 2.42. The van der Waals surface area contributed by atoms with Crippen LogP contribution in [0.15, 0.2) is 29.3 Å². The van der Waals surface area contributed by atoms with Gasteiger partial charge in [-0.25, -0.2) is 0 Å². The molecule has 1 aromatic rings. The Bertz CT molecular complexity index is 494. The monoisotopic (exact) mass is 464 g/mol. The van der Waals surface area contributed by atoms with Crippen molar-refractivity contribution in [2.24, 2.45) is 10.9 Å². The maximum absolute atomic E-state index is 6.26. The molecule has 0 atom stereocenters. The highest BCUT2D eigenvalue weighted by Gasteiger charge is 2.19. The third kappa shape index (κ3) is 7.15. The van der Waals surface area contributed by atoms with Crippen molar-refractivity contribution in [2.75, 3.05) is 32.7 Å². The number of piperidine rings is 1. The Labute approximate surface area is 168 Å². The van der Waals surface area contributed by atoms with Gasteiger partial charge in [-0.1, -0.05) is 29.8 Å². The van der Waals surface area contributed by atoms with Crippen LogP contribution >= 0.6 is 35.6 Å². The van der Waals surface area contributed by atoms with Crippen molar-refractivity contribution in [3.05, 3.63) is 34.9 Å². The van der Waals surface area contributed by atoms with Crippen LogP contribution in [0.4, 0.5) is 0 Å². The van der Waals surface area contributed by atoms with E-state index < -0.39 is 0 Å². The normalized spacial score (nSPS) is 15.5. The van der Waals surface area contributed by atoms with Crippen molar-refractivity contribution >= 4 is 41.5 Å². The molecule has 0 unspecified atom stereocenters. The molecular weight excluding hydrogens is 435 g/mol. The molecule has 0 amide bonds. The lowest BCUT2D eigenvalue weighted by molar-refractivity contribution is 0.180. The molecule has 2 rings (SSSR count). The minimum atomic E-state index is 0. The topological polar surface area (TPSA) is 39.7 Å². The number of hydrogen-bond donors (Lipinski definition) is 2. The fourth-order valence-electron chi connectivity index (χ4n) is 2.92. The first-order chi connectivity index (χ1) is 11.2. The van der Waals surface area contributed by atoms with E-state index in [2.05, 4.69) is 41.5 Å². The van der Waals surface area contributed by atoms with E-state index in [1.807, 2.05) is 12.1 Å². The zero-order chi connectivity index (χ0) is 16.5. The number of nitrogens with zero attached hydrogens (tertiary/aromatic N) is 2. The van der Waals surface area contributed by atoms with Crippen molar-refractivity contribution in [1.29, 1.82) is 0 Å². The summed E-state index contributed by atoms with van der Waals surface area (Å²) in [7, 11) is 0. The Balaban J connectivity index is 0.00000288. The molecule has 2 N–H and O–H groups in total. The van der Waals surface area contributed by atoms with Gasteiger partial charge in [0.2, 0.25) is 0 Å². The van der Waals surface area contributed by atoms with Gasteiger partial charge in [-0.3, -0.25) is 9.89 Å². The van der Waals surface area contributed by atoms with Crippen LogP contribution in [0, 0.1) is 5.92 Å².